The van der Waals surface area contributed by atoms with Gasteiger partial charge in [0.15, 0.2) is 5.78 Å². The first-order valence-corrected chi connectivity index (χ1v) is 10.9. The standard InChI is InChI=1S/C24H27FN2O4/c1-15-12-17(25)8-9-19(15)26-22(29)10-7-16-4-3-11-27(13-16)24(30)18-14-31-21-6-2-5-20(28)23(18)21/h8-9,12,14,16H,2-7,10-11,13H2,1H3,(H,26,29). The first-order valence-electron chi connectivity index (χ1n) is 10.9. The summed E-state index contributed by atoms with van der Waals surface area (Å²) in [4.78, 5) is 39.5. The molecular weight excluding hydrogens is 399 g/mol. The second-order valence-electron chi connectivity index (χ2n) is 8.53. The van der Waals surface area contributed by atoms with Crippen LogP contribution in [0, 0.1) is 18.7 Å². The molecule has 1 saturated heterocycles. The summed E-state index contributed by atoms with van der Waals surface area (Å²) < 4.78 is 18.7. The van der Waals surface area contributed by atoms with Gasteiger partial charge >= 0.3 is 0 Å². The molecule has 6 nitrogen and oxygen atoms in total. The van der Waals surface area contributed by atoms with Crippen molar-refractivity contribution in [2.45, 2.75) is 51.9 Å². The third-order valence-corrected chi connectivity index (χ3v) is 6.23. The monoisotopic (exact) mass is 426 g/mol. The maximum Gasteiger partial charge on any atom is 0.257 e. The summed E-state index contributed by atoms with van der Waals surface area (Å²) in [6.07, 6.45) is 6.16. The Bertz CT molecular complexity index is 1010. The number of ketones is 1. The van der Waals surface area contributed by atoms with Crippen molar-refractivity contribution in [3.05, 3.63) is 52.7 Å². The Morgan fingerprint density at radius 2 is 2.10 bits per heavy atom. The van der Waals surface area contributed by atoms with E-state index in [1.807, 2.05) is 0 Å². The molecule has 1 aromatic heterocycles. The van der Waals surface area contributed by atoms with Crippen molar-refractivity contribution < 1.29 is 23.2 Å². The molecule has 0 radical (unpaired) electrons. The average molecular weight is 426 g/mol. The SMILES string of the molecule is Cc1cc(F)ccc1NC(=O)CCC1CCCN(C(=O)c2coc3c2C(=O)CCC3)C1. The summed E-state index contributed by atoms with van der Waals surface area (Å²) in [5.41, 5.74) is 2.14. The number of hydrogen-bond acceptors (Lipinski definition) is 4. The van der Waals surface area contributed by atoms with Crippen LogP contribution in [0.3, 0.4) is 0 Å². The molecular formula is C24H27FN2O4. The number of piperidine rings is 1. The van der Waals surface area contributed by atoms with E-state index >= 15 is 0 Å². The van der Waals surface area contributed by atoms with Crippen LogP contribution in [0.5, 0.6) is 0 Å². The lowest BCUT2D eigenvalue weighted by Crippen LogP contribution is -2.40. The van der Waals surface area contributed by atoms with Crippen LogP contribution in [0.25, 0.3) is 0 Å². The molecule has 1 aromatic carbocycles. The van der Waals surface area contributed by atoms with Gasteiger partial charge in [0.1, 0.15) is 17.8 Å². The van der Waals surface area contributed by atoms with Crippen molar-refractivity contribution in [3.8, 4) is 0 Å². The van der Waals surface area contributed by atoms with Gasteiger partial charge < -0.3 is 14.6 Å². The molecule has 1 unspecified atom stereocenters. The van der Waals surface area contributed by atoms with E-state index in [0.29, 0.717) is 66.9 Å². The summed E-state index contributed by atoms with van der Waals surface area (Å²) in [7, 11) is 0. The van der Waals surface area contributed by atoms with E-state index in [4.69, 9.17) is 4.42 Å². The molecule has 2 aromatic rings. The average Bonchev–Trinajstić information content (AvgIpc) is 3.19. The number of rotatable bonds is 5. The molecule has 0 bridgehead atoms. The summed E-state index contributed by atoms with van der Waals surface area (Å²) in [6.45, 7) is 2.96. The largest absolute Gasteiger partial charge is 0.468 e. The number of carbonyl (C=O) groups excluding carboxylic acids is 3. The molecule has 2 amide bonds. The molecule has 1 fully saturated rings. The van der Waals surface area contributed by atoms with Crippen molar-refractivity contribution in [1.29, 1.82) is 0 Å². The van der Waals surface area contributed by atoms with Crippen LogP contribution in [0.4, 0.5) is 10.1 Å². The number of Topliss-reactive ketones (excluding diaryl/α,β-unsaturated/α-hetero) is 1. The Morgan fingerprint density at radius 3 is 2.90 bits per heavy atom. The van der Waals surface area contributed by atoms with E-state index in [0.717, 1.165) is 19.3 Å². The molecule has 1 aliphatic heterocycles. The predicted molar refractivity (Wildman–Crippen MR) is 114 cm³/mol. The smallest absolute Gasteiger partial charge is 0.257 e. The molecule has 0 spiro atoms. The Morgan fingerprint density at radius 1 is 1.26 bits per heavy atom. The van der Waals surface area contributed by atoms with Crippen LogP contribution in [0.1, 0.15) is 70.6 Å². The lowest BCUT2D eigenvalue weighted by Gasteiger charge is -2.32. The van der Waals surface area contributed by atoms with E-state index in [9.17, 15) is 18.8 Å². The van der Waals surface area contributed by atoms with Gasteiger partial charge in [-0.3, -0.25) is 14.4 Å². The van der Waals surface area contributed by atoms with E-state index in [2.05, 4.69) is 5.32 Å². The van der Waals surface area contributed by atoms with Crippen molar-refractivity contribution >= 4 is 23.3 Å². The van der Waals surface area contributed by atoms with Gasteiger partial charge in [0.25, 0.3) is 5.91 Å². The van der Waals surface area contributed by atoms with E-state index in [1.165, 1.54) is 18.4 Å². The van der Waals surface area contributed by atoms with Gasteiger partial charge in [-0.1, -0.05) is 0 Å². The predicted octanol–water partition coefficient (Wildman–Crippen LogP) is 4.52. The van der Waals surface area contributed by atoms with Gasteiger partial charge in [0.2, 0.25) is 5.91 Å². The van der Waals surface area contributed by atoms with Gasteiger partial charge in [0, 0.05) is 38.0 Å². The first-order chi connectivity index (χ1) is 14.9. The second kappa shape index (κ2) is 9.04. The van der Waals surface area contributed by atoms with Crippen molar-refractivity contribution in [3.63, 3.8) is 0 Å². The van der Waals surface area contributed by atoms with Gasteiger partial charge in [-0.15, -0.1) is 0 Å². The van der Waals surface area contributed by atoms with Crippen LogP contribution >= 0.6 is 0 Å². The molecule has 1 aliphatic carbocycles. The van der Waals surface area contributed by atoms with Crippen molar-refractivity contribution in [2.24, 2.45) is 5.92 Å². The Labute approximate surface area is 180 Å². The first kappa shape index (κ1) is 21.3. The lowest BCUT2D eigenvalue weighted by atomic mass is 9.91. The molecule has 2 aliphatic rings. The zero-order valence-corrected chi connectivity index (χ0v) is 17.7. The number of carbonyl (C=O) groups is 3. The van der Waals surface area contributed by atoms with Crippen LogP contribution in [-0.2, 0) is 11.2 Å². The molecule has 1 atom stereocenters. The summed E-state index contributed by atoms with van der Waals surface area (Å²) in [5.74, 6) is 0.226. The topological polar surface area (TPSA) is 79.6 Å². The number of aryl methyl sites for hydroxylation is 2. The van der Waals surface area contributed by atoms with E-state index < -0.39 is 0 Å². The number of nitrogens with one attached hydrogen (secondary N) is 1. The van der Waals surface area contributed by atoms with Crippen LogP contribution in [0.2, 0.25) is 0 Å². The Kier molecular flexibility index (Phi) is 6.20. The highest BCUT2D eigenvalue weighted by molar-refractivity contribution is 6.09. The normalized spacial score (nSPS) is 18.6. The minimum Gasteiger partial charge on any atom is -0.468 e. The highest BCUT2D eigenvalue weighted by atomic mass is 19.1. The third kappa shape index (κ3) is 4.70. The fourth-order valence-electron chi connectivity index (χ4n) is 4.55. The zero-order chi connectivity index (χ0) is 22.0. The van der Waals surface area contributed by atoms with Gasteiger partial charge in [0.05, 0.1) is 11.1 Å². The molecule has 2 heterocycles. The maximum atomic E-state index is 13.2. The van der Waals surface area contributed by atoms with Crippen molar-refractivity contribution in [2.75, 3.05) is 18.4 Å². The number of furan rings is 1. The minimum atomic E-state index is -0.331. The number of nitrogens with zero attached hydrogens (tertiary/aromatic N) is 1. The quantitative estimate of drug-likeness (QED) is 0.763. The van der Waals surface area contributed by atoms with Crippen LogP contribution in [-0.4, -0.2) is 35.6 Å². The zero-order valence-electron chi connectivity index (χ0n) is 17.7. The lowest BCUT2D eigenvalue weighted by molar-refractivity contribution is -0.116. The van der Waals surface area contributed by atoms with E-state index in [-0.39, 0.29) is 29.3 Å². The number of likely N-dealkylation sites (tertiary alicyclic amines) is 1. The highest BCUT2D eigenvalue weighted by Crippen LogP contribution is 2.29. The minimum absolute atomic E-state index is 0.0142. The number of anilines is 1. The molecule has 164 valence electrons. The highest BCUT2D eigenvalue weighted by Gasteiger charge is 2.32. The Balaban J connectivity index is 1.33. The third-order valence-electron chi connectivity index (χ3n) is 6.23. The maximum absolute atomic E-state index is 13.2. The van der Waals surface area contributed by atoms with Crippen LogP contribution in [0.15, 0.2) is 28.9 Å². The molecule has 4 rings (SSSR count). The Hall–Kier alpha value is -2.96. The van der Waals surface area contributed by atoms with Crippen LogP contribution < -0.4 is 5.32 Å². The second-order valence-corrected chi connectivity index (χ2v) is 8.53. The van der Waals surface area contributed by atoms with Gasteiger partial charge in [-0.2, -0.15) is 0 Å². The fraction of sp³-hybridized carbons (Fsp3) is 0.458. The molecule has 1 N–H and O–H groups in total. The number of hydrogen-bond donors (Lipinski definition) is 1. The number of benzene rings is 1. The summed E-state index contributed by atoms with van der Waals surface area (Å²) in [5, 5.41) is 2.84. The molecule has 7 heteroatoms. The van der Waals surface area contributed by atoms with Gasteiger partial charge in [-0.05, 0) is 62.3 Å². The fourth-order valence-corrected chi connectivity index (χ4v) is 4.55. The summed E-state index contributed by atoms with van der Waals surface area (Å²) in [6, 6.07) is 4.28. The molecule has 31 heavy (non-hydrogen) atoms. The number of fused-ring (bicyclic) bond motifs is 1. The number of amides is 2. The number of halogens is 1. The summed E-state index contributed by atoms with van der Waals surface area (Å²) >= 11 is 0. The molecule has 0 saturated carbocycles. The van der Waals surface area contributed by atoms with Crippen molar-refractivity contribution in [1.82, 2.24) is 4.90 Å². The van der Waals surface area contributed by atoms with Gasteiger partial charge in [-0.25, -0.2) is 4.39 Å². The van der Waals surface area contributed by atoms with E-state index in [1.54, 1.807) is 17.9 Å².